The van der Waals surface area contributed by atoms with E-state index < -0.39 is 5.79 Å². The second kappa shape index (κ2) is 1.25. The van der Waals surface area contributed by atoms with Crippen molar-refractivity contribution in [2.75, 3.05) is 0 Å². The highest BCUT2D eigenvalue weighted by Gasteiger charge is 2.50. The smallest absolute Gasteiger partial charge is 0.167 e. The second-order valence-corrected chi connectivity index (χ2v) is 3.20. The first-order valence-electron chi connectivity index (χ1n) is 2.90. The zero-order chi connectivity index (χ0) is 6.41. The van der Waals surface area contributed by atoms with Gasteiger partial charge in [-0.3, -0.25) is 0 Å². The molecule has 1 fully saturated rings. The van der Waals surface area contributed by atoms with Crippen LogP contribution in [0.5, 0.6) is 0 Å². The van der Waals surface area contributed by atoms with Crippen molar-refractivity contribution < 1.29 is 10.2 Å². The Labute approximate surface area is 49.1 Å². The van der Waals surface area contributed by atoms with Crippen molar-refractivity contribution in [3.63, 3.8) is 0 Å². The summed E-state index contributed by atoms with van der Waals surface area (Å²) in [7, 11) is 0. The summed E-state index contributed by atoms with van der Waals surface area (Å²) in [6, 6.07) is 0. The first-order valence-corrected chi connectivity index (χ1v) is 2.90. The number of rotatable bonds is 0. The fourth-order valence-corrected chi connectivity index (χ4v) is 0.849. The maximum absolute atomic E-state index is 9.00. The second-order valence-electron chi connectivity index (χ2n) is 3.20. The van der Waals surface area contributed by atoms with Crippen LogP contribution in [-0.2, 0) is 0 Å². The molecule has 0 aromatic heterocycles. The Morgan fingerprint density at radius 2 is 1.50 bits per heavy atom. The third-order valence-electron chi connectivity index (χ3n) is 2.18. The van der Waals surface area contributed by atoms with Crippen molar-refractivity contribution in [2.24, 2.45) is 5.41 Å². The summed E-state index contributed by atoms with van der Waals surface area (Å²) < 4.78 is 0. The highest BCUT2D eigenvalue weighted by atomic mass is 16.5. The molecule has 0 aromatic rings. The van der Waals surface area contributed by atoms with Crippen molar-refractivity contribution in [3.8, 4) is 0 Å². The zero-order valence-corrected chi connectivity index (χ0v) is 5.31. The lowest BCUT2D eigenvalue weighted by atomic mass is 9.66. The van der Waals surface area contributed by atoms with E-state index in [9.17, 15) is 0 Å². The van der Waals surface area contributed by atoms with Gasteiger partial charge in [0.05, 0.1) is 0 Å². The summed E-state index contributed by atoms with van der Waals surface area (Å²) in [6.07, 6.45) is 1.44. The van der Waals surface area contributed by atoms with Gasteiger partial charge < -0.3 is 10.2 Å². The highest BCUT2D eigenvalue weighted by Crippen LogP contribution is 2.47. The minimum Gasteiger partial charge on any atom is -0.365 e. The lowest BCUT2D eigenvalue weighted by Gasteiger charge is -2.48. The van der Waals surface area contributed by atoms with E-state index >= 15 is 0 Å². The van der Waals surface area contributed by atoms with Gasteiger partial charge in [-0.2, -0.15) is 0 Å². The Morgan fingerprint density at radius 3 is 1.50 bits per heavy atom. The molecule has 0 heterocycles. The Bertz CT molecular complexity index is 91.1. The molecule has 0 spiro atoms. The predicted molar refractivity (Wildman–Crippen MR) is 30.2 cm³/mol. The summed E-state index contributed by atoms with van der Waals surface area (Å²) in [4.78, 5) is 0. The molecule has 2 heteroatoms. The van der Waals surface area contributed by atoms with Crippen LogP contribution >= 0.6 is 0 Å². The van der Waals surface area contributed by atoms with E-state index in [4.69, 9.17) is 10.2 Å². The van der Waals surface area contributed by atoms with Crippen LogP contribution in [0.15, 0.2) is 0 Å². The summed E-state index contributed by atoms with van der Waals surface area (Å²) in [6.45, 7) is 3.72. The third-order valence-corrected chi connectivity index (χ3v) is 2.18. The summed E-state index contributed by atoms with van der Waals surface area (Å²) >= 11 is 0. The summed E-state index contributed by atoms with van der Waals surface area (Å²) in [5.41, 5.74) is -0.271. The molecule has 1 aliphatic carbocycles. The van der Waals surface area contributed by atoms with Gasteiger partial charge in [-0.1, -0.05) is 13.8 Å². The first-order chi connectivity index (χ1) is 3.46. The molecule has 2 nitrogen and oxygen atoms in total. The molecule has 1 rings (SSSR count). The van der Waals surface area contributed by atoms with Crippen molar-refractivity contribution in [1.29, 1.82) is 0 Å². The van der Waals surface area contributed by atoms with Gasteiger partial charge in [-0.05, 0) is 6.42 Å². The molecule has 0 saturated heterocycles. The van der Waals surface area contributed by atoms with Crippen molar-refractivity contribution in [3.05, 3.63) is 0 Å². The Balaban J connectivity index is 2.63. The van der Waals surface area contributed by atoms with E-state index in [1.807, 2.05) is 13.8 Å². The SMILES string of the molecule is CC1(C)CCC1(O)O. The van der Waals surface area contributed by atoms with Gasteiger partial charge in [0.25, 0.3) is 0 Å². The molecule has 0 aliphatic heterocycles. The van der Waals surface area contributed by atoms with Gasteiger partial charge in [0, 0.05) is 11.8 Å². The van der Waals surface area contributed by atoms with Crippen molar-refractivity contribution in [1.82, 2.24) is 0 Å². The number of hydrogen-bond acceptors (Lipinski definition) is 2. The third kappa shape index (κ3) is 0.565. The monoisotopic (exact) mass is 116 g/mol. The van der Waals surface area contributed by atoms with Gasteiger partial charge in [0.1, 0.15) is 0 Å². The fraction of sp³-hybridized carbons (Fsp3) is 1.00. The van der Waals surface area contributed by atoms with Gasteiger partial charge in [0.15, 0.2) is 5.79 Å². The van der Waals surface area contributed by atoms with E-state index in [2.05, 4.69) is 0 Å². The molecular formula is C6H12O2. The van der Waals surface area contributed by atoms with E-state index in [0.29, 0.717) is 6.42 Å². The lowest BCUT2D eigenvalue weighted by molar-refractivity contribution is -0.291. The largest absolute Gasteiger partial charge is 0.365 e. The topological polar surface area (TPSA) is 40.5 Å². The van der Waals surface area contributed by atoms with E-state index in [1.54, 1.807) is 0 Å². The van der Waals surface area contributed by atoms with Crippen LogP contribution in [0, 0.1) is 5.41 Å². The standard InChI is InChI=1S/C6H12O2/c1-5(2)3-4-6(5,7)8/h7-8H,3-4H2,1-2H3. The van der Waals surface area contributed by atoms with E-state index in [-0.39, 0.29) is 5.41 Å². The minimum atomic E-state index is -1.38. The average molecular weight is 116 g/mol. The number of hydrogen-bond donors (Lipinski definition) is 2. The van der Waals surface area contributed by atoms with Gasteiger partial charge in [-0.25, -0.2) is 0 Å². The van der Waals surface area contributed by atoms with Crippen molar-refractivity contribution >= 4 is 0 Å². The van der Waals surface area contributed by atoms with Crippen molar-refractivity contribution in [2.45, 2.75) is 32.5 Å². The lowest BCUT2D eigenvalue weighted by Crippen LogP contribution is -2.53. The van der Waals surface area contributed by atoms with Crippen LogP contribution in [0.2, 0.25) is 0 Å². The van der Waals surface area contributed by atoms with Crippen LogP contribution in [0.3, 0.4) is 0 Å². The normalized spacial score (nSPS) is 31.5. The molecule has 48 valence electrons. The predicted octanol–water partition coefficient (Wildman–Crippen LogP) is 0.487. The summed E-state index contributed by atoms with van der Waals surface area (Å²) in [5, 5.41) is 18.0. The molecule has 0 aromatic carbocycles. The molecule has 1 aliphatic rings. The number of aliphatic hydroxyl groups is 2. The van der Waals surface area contributed by atoms with E-state index in [0.717, 1.165) is 6.42 Å². The Hall–Kier alpha value is -0.0800. The maximum atomic E-state index is 9.00. The molecular weight excluding hydrogens is 104 g/mol. The van der Waals surface area contributed by atoms with Crippen LogP contribution in [0.1, 0.15) is 26.7 Å². The summed E-state index contributed by atoms with van der Waals surface area (Å²) in [5.74, 6) is -1.38. The van der Waals surface area contributed by atoms with Gasteiger partial charge in [0.2, 0.25) is 0 Å². The average Bonchev–Trinajstić information content (AvgIpc) is 1.64. The molecule has 0 unspecified atom stereocenters. The van der Waals surface area contributed by atoms with E-state index in [1.165, 1.54) is 0 Å². The van der Waals surface area contributed by atoms with Crippen LogP contribution in [-0.4, -0.2) is 16.0 Å². The quantitative estimate of drug-likeness (QED) is 0.452. The van der Waals surface area contributed by atoms with Crippen LogP contribution in [0.4, 0.5) is 0 Å². The van der Waals surface area contributed by atoms with Gasteiger partial charge >= 0.3 is 0 Å². The highest BCUT2D eigenvalue weighted by molar-refractivity contribution is 4.94. The molecule has 0 radical (unpaired) electrons. The molecule has 2 N–H and O–H groups in total. The Morgan fingerprint density at radius 1 is 1.12 bits per heavy atom. The first kappa shape index (κ1) is 6.05. The molecule has 0 bridgehead atoms. The maximum Gasteiger partial charge on any atom is 0.167 e. The van der Waals surface area contributed by atoms with Crippen LogP contribution < -0.4 is 0 Å². The Kier molecular flexibility index (Phi) is 0.946. The molecule has 8 heavy (non-hydrogen) atoms. The molecule has 1 saturated carbocycles. The fourth-order valence-electron chi connectivity index (χ4n) is 0.849. The van der Waals surface area contributed by atoms with Gasteiger partial charge in [-0.15, -0.1) is 0 Å². The zero-order valence-electron chi connectivity index (χ0n) is 5.31. The molecule has 0 atom stereocenters. The van der Waals surface area contributed by atoms with Crippen LogP contribution in [0.25, 0.3) is 0 Å². The minimum absolute atomic E-state index is 0.271. The molecule has 0 amide bonds.